The van der Waals surface area contributed by atoms with E-state index in [4.69, 9.17) is 58.5 Å². The normalized spacial score (nSPS) is 26.2. The van der Waals surface area contributed by atoms with Crippen LogP contribution in [0.2, 0.25) is 5.02 Å². The summed E-state index contributed by atoms with van der Waals surface area (Å²) in [6.45, 7) is 11.2. The Morgan fingerprint density at radius 2 is 1.45 bits per heavy atom. The molecule has 1 saturated carbocycles. The van der Waals surface area contributed by atoms with E-state index < -0.39 is 16.0 Å². The van der Waals surface area contributed by atoms with E-state index in [1.807, 2.05) is 31.2 Å². The molecule has 2 fully saturated rings. The van der Waals surface area contributed by atoms with Crippen LogP contribution in [0.3, 0.4) is 0 Å². The van der Waals surface area contributed by atoms with Crippen molar-refractivity contribution in [3.05, 3.63) is 64.2 Å². The zero-order valence-electron chi connectivity index (χ0n) is 25.5. The highest BCUT2D eigenvalue weighted by Crippen LogP contribution is 2.71. The Kier molecular flexibility index (Phi) is 12.7. The Morgan fingerprint density at radius 3 is 2.10 bits per heavy atom. The molecule has 1 aliphatic heterocycles. The van der Waals surface area contributed by atoms with Crippen molar-refractivity contribution >= 4 is 34.8 Å². The van der Waals surface area contributed by atoms with Gasteiger partial charge in [0, 0.05) is 24.8 Å². The van der Waals surface area contributed by atoms with Crippen molar-refractivity contribution in [3.63, 3.8) is 0 Å². The Balaban J connectivity index is 1.67. The number of alkyl halides is 2. The van der Waals surface area contributed by atoms with Crippen molar-refractivity contribution in [2.24, 2.45) is 5.92 Å². The maximum atomic E-state index is 7.06. The monoisotopic (exact) mass is 640 g/mol. The number of unbranched alkanes of at least 4 members (excludes halogenated alkanes) is 3. The van der Waals surface area contributed by atoms with Gasteiger partial charge in [-0.3, -0.25) is 0 Å². The minimum absolute atomic E-state index is 0.259. The average Bonchev–Trinajstić information content (AvgIpc) is 3.47. The quantitative estimate of drug-likeness (QED) is 0.120. The molecule has 2 aromatic carbocycles. The summed E-state index contributed by atoms with van der Waals surface area (Å²) in [5.41, 5.74) is 2.23. The van der Waals surface area contributed by atoms with Crippen LogP contribution in [0, 0.1) is 5.92 Å². The Labute approximate surface area is 267 Å². The standard InChI is InChI=1S/C34H47Cl3O5/c1-5-9-18-38-23-33-32(34(33,36)37)31(41-20-11-7-3)30(40-19-10-6-2)29(42-33)25-14-17-28(35)26(22-25)21-24-12-15-27(16-13-24)39-8-4/h12-17,22,29-32H,5-11,18-21,23H2,1-4H3/t29-,30-,31+,32-,33+/m0/s1. The van der Waals surface area contributed by atoms with Crippen molar-refractivity contribution in [3.8, 4) is 5.75 Å². The molecule has 5 atom stereocenters. The molecule has 5 nitrogen and oxygen atoms in total. The molecule has 234 valence electrons. The number of ether oxygens (including phenoxy) is 5. The minimum Gasteiger partial charge on any atom is -0.494 e. The highest BCUT2D eigenvalue weighted by atomic mass is 35.5. The summed E-state index contributed by atoms with van der Waals surface area (Å²) in [7, 11) is 0. The predicted octanol–water partition coefficient (Wildman–Crippen LogP) is 9.13. The van der Waals surface area contributed by atoms with Crippen LogP contribution < -0.4 is 4.74 Å². The zero-order valence-corrected chi connectivity index (χ0v) is 27.8. The smallest absolute Gasteiger partial charge is 0.158 e. The van der Waals surface area contributed by atoms with Gasteiger partial charge in [0.25, 0.3) is 0 Å². The highest BCUT2D eigenvalue weighted by molar-refractivity contribution is 6.52. The van der Waals surface area contributed by atoms with Crippen molar-refractivity contribution in [1.82, 2.24) is 0 Å². The van der Waals surface area contributed by atoms with Gasteiger partial charge in [-0.1, -0.05) is 99.1 Å². The summed E-state index contributed by atoms with van der Waals surface area (Å²) in [4.78, 5) is 0. The van der Waals surface area contributed by atoms with Gasteiger partial charge in [-0.25, -0.2) is 0 Å². The van der Waals surface area contributed by atoms with Crippen LogP contribution in [0.4, 0.5) is 0 Å². The number of fused-ring (bicyclic) bond motifs is 1. The second-order valence-electron chi connectivity index (χ2n) is 11.4. The Hall–Kier alpha value is -1.05. The third kappa shape index (κ3) is 7.59. The molecule has 42 heavy (non-hydrogen) atoms. The van der Waals surface area contributed by atoms with Crippen LogP contribution >= 0.6 is 34.8 Å². The first-order chi connectivity index (χ1) is 20.3. The van der Waals surface area contributed by atoms with Gasteiger partial charge in [0.15, 0.2) is 4.33 Å². The first-order valence-electron chi connectivity index (χ1n) is 15.7. The van der Waals surface area contributed by atoms with Gasteiger partial charge in [-0.2, -0.15) is 0 Å². The summed E-state index contributed by atoms with van der Waals surface area (Å²) >= 11 is 20.9. The van der Waals surface area contributed by atoms with Gasteiger partial charge in [0.05, 0.1) is 25.2 Å². The fourth-order valence-corrected chi connectivity index (χ4v) is 6.90. The van der Waals surface area contributed by atoms with Crippen LogP contribution in [-0.2, 0) is 25.4 Å². The fourth-order valence-electron chi connectivity index (χ4n) is 5.79. The van der Waals surface area contributed by atoms with E-state index in [9.17, 15) is 0 Å². The summed E-state index contributed by atoms with van der Waals surface area (Å²) in [6, 6.07) is 14.2. The molecule has 1 saturated heterocycles. The molecule has 0 radical (unpaired) electrons. The molecular weight excluding hydrogens is 595 g/mol. The summed E-state index contributed by atoms with van der Waals surface area (Å²) in [5, 5.41) is 0.702. The van der Waals surface area contributed by atoms with Crippen molar-refractivity contribution < 1.29 is 23.7 Å². The molecule has 2 aliphatic rings. The molecular formula is C34H47Cl3O5. The van der Waals surface area contributed by atoms with E-state index in [2.05, 4.69) is 39.0 Å². The average molecular weight is 642 g/mol. The lowest BCUT2D eigenvalue weighted by Crippen LogP contribution is -2.49. The van der Waals surface area contributed by atoms with Crippen molar-refractivity contribution in [1.29, 1.82) is 0 Å². The number of halogens is 3. The third-order valence-corrected chi connectivity index (χ3v) is 9.74. The molecule has 2 aromatic rings. The summed E-state index contributed by atoms with van der Waals surface area (Å²) in [6.07, 6.45) is 5.48. The molecule has 0 unspecified atom stereocenters. The summed E-state index contributed by atoms with van der Waals surface area (Å²) < 4.78 is 30.7. The van der Waals surface area contributed by atoms with Crippen molar-refractivity contribution in [2.45, 2.75) is 101 Å². The fraction of sp³-hybridized carbons (Fsp3) is 0.647. The molecule has 8 heteroatoms. The lowest BCUT2D eigenvalue weighted by molar-refractivity contribution is -0.218. The number of hydrogen-bond acceptors (Lipinski definition) is 5. The van der Waals surface area contributed by atoms with Gasteiger partial charge in [-0.15, -0.1) is 0 Å². The van der Waals surface area contributed by atoms with E-state index in [0.717, 1.165) is 61.0 Å². The molecule has 0 aromatic heterocycles. The number of hydrogen-bond donors (Lipinski definition) is 0. The van der Waals surface area contributed by atoms with Gasteiger partial charge >= 0.3 is 0 Å². The van der Waals surface area contributed by atoms with Gasteiger partial charge < -0.3 is 23.7 Å². The molecule has 4 rings (SSSR count). The molecule has 0 spiro atoms. The maximum absolute atomic E-state index is 7.06. The van der Waals surface area contributed by atoms with Crippen LogP contribution in [0.1, 0.15) is 89.0 Å². The first kappa shape index (κ1) is 33.8. The molecule has 0 bridgehead atoms. The Morgan fingerprint density at radius 1 is 0.810 bits per heavy atom. The SMILES string of the molecule is CCCCOC[C@@]12O[C@@H](c3ccc(Cl)c(Cc4ccc(OCC)cc4)c3)[C@H](OCCCC)[C@@H](OCCCC)[C@@H]1C2(Cl)Cl. The lowest BCUT2D eigenvalue weighted by Gasteiger charge is -2.41. The molecule has 1 aliphatic carbocycles. The van der Waals surface area contributed by atoms with E-state index in [1.165, 1.54) is 0 Å². The second-order valence-corrected chi connectivity index (χ2v) is 13.2. The lowest BCUT2D eigenvalue weighted by atomic mass is 9.91. The topological polar surface area (TPSA) is 46.2 Å². The predicted molar refractivity (Wildman–Crippen MR) is 171 cm³/mol. The molecule has 0 amide bonds. The van der Waals surface area contributed by atoms with E-state index in [-0.39, 0.29) is 18.1 Å². The third-order valence-electron chi connectivity index (χ3n) is 8.26. The van der Waals surface area contributed by atoms with Crippen LogP contribution in [0.15, 0.2) is 42.5 Å². The van der Waals surface area contributed by atoms with E-state index in [0.29, 0.717) is 44.5 Å². The van der Waals surface area contributed by atoms with Crippen LogP contribution in [0.5, 0.6) is 5.75 Å². The largest absolute Gasteiger partial charge is 0.494 e. The van der Waals surface area contributed by atoms with Gasteiger partial charge in [-0.05, 0) is 67.5 Å². The minimum atomic E-state index is -1.14. The number of benzene rings is 2. The summed E-state index contributed by atoms with van der Waals surface area (Å²) in [5.74, 6) is 0.597. The van der Waals surface area contributed by atoms with E-state index >= 15 is 0 Å². The maximum Gasteiger partial charge on any atom is 0.158 e. The zero-order chi connectivity index (χ0) is 30.2. The number of rotatable bonds is 18. The highest BCUT2D eigenvalue weighted by Gasteiger charge is 2.84. The first-order valence-corrected chi connectivity index (χ1v) is 16.8. The van der Waals surface area contributed by atoms with Gasteiger partial charge in [0.1, 0.15) is 23.6 Å². The Bertz CT molecular complexity index is 1110. The van der Waals surface area contributed by atoms with Crippen LogP contribution in [-0.4, -0.2) is 55.2 Å². The second kappa shape index (κ2) is 15.8. The van der Waals surface area contributed by atoms with Crippen molar-refractivity contribution in [2.75, 3.05) is 33.0 Å². The van der Waals surface area contributed by atoms with Crippen LogP contribution in [0.25, 0.3) is 0 Å². The molecule has 1 heterocycles. The van der Waals surface area contributed by atoms with E-state index in [1.54, 1.807) is 0 Å². The van der Waals surface area contributed by atoms with Gasteiger partial charge in [0.2, 0.25) is 0 Å². The molecule has 0 N–H and O–H groups in total.